The predicted octanol–water partition coefficient (Wildman–Crippen LogP) is 4.52. The Labute approximate surface area is 241 Å². The lowest BCUT2D eigenvalue weighted by Gasteiger charge is -2.43. The Morgan fingerprint density at radius 2 is 1.88 bits per heavy atom. The number of hydrogen-bond acceptors (Lipinski definition) is 6. The molecule has 1 aliphatic carbocycles. The maximum absolute atomic E-state index is 13.1. The average molecular weight is 621 g/mol. The number of nitrogens with zero attached hydrogens (tertiary/aromatic N) is 2. The van der Waals surface area contributed by atoms with E-state index in [1.807, 2.05) is 4.90 Å². The fourth-order valence-corrected chi connectivity index (χ4v) is 8.20. The molecule has 2 heterocycles. The minimum Gasteiger partial charge on any atom is -0.484 e. The largest absolute Gasteiger partial charge is 0.484 e. The van der Waals surface area contributed by atoms with Gasteiger partial charge in [-0.3, -0.25) is 9.69 Å². The predicted molar refractivity (Wildman–Crippen MR) is 146 cm³/mol. The molecule has 1 N–H and O–H groups in total. The van der Waals surface area contributed by atoms with E-state index in [-0.39, 0.29) is 42.2 Å². The van der Waals surface area contributed by atoms with Gasteiger partial charge in [-0.05, 0) is 80.7 Å². The Bertz CT molecular complexity index is 1370. The first-order valence-electron chi connectivity index (χ1n) is 13.1. The maximum Gasteiger partial charge on any atom is 0.471 e. The van der Waals surface area contributed by atoms with Crippen LogP contribution in [-0.4, -0.2) is 80.9 Å². The highest BCUT2D eigenvalue weighted by atomic mass is 35.5. The van der Waals surface area contributed by atoms with Crippen molar-refractivity contribution in [2.24, 2.45) is 5.92 Å². The molecule has 2 saturated heterocycles. The van der Waals surface area contributed by atoms with Crippen molar-refractivity contribution in [1.82, 2.24) is 15.1 Å². The van der Waals surface area contributed by atoms with Crippen LogP contribution in [0.25, 0.3) is 0 Å². The molecule has 0 spiro atoms. The van der Waals surface area contributed by atoms with Crippen LogP contribution in [-0.2, 0) is 21.1 Å². The normalized spacial score (nSPS) is 25.7. The molecule has 2 fully saturated rings. The molecule has 0 bridgehead atoms. The number of fused-ring (bicyclic) bond motifs is 1. The van der Waals surface area contributed by atoms with Gasteiger partial charge in [0.05, 0.1) is 16.7 Å². The van der Waals surface area contributed by atoms with E-state index in [2.05, 4.69) is 5.32 Å². The molecule has 40 heavy (non-hydrogen) atoms. The van der Waals surface area contributed by atoms with Gasteiger partial charge in [0.25, 0.3) is 0 Å². The van der Waals surface area contributed by atoms with Crippen LogP contribution in [0.5, 0.6) is 5.75 Å². The lowest BCUT2D eigenvalue weighted by atomic mass is 10.1. The molecule has 0 radical (unpaired) electrons. The van der Waals surface area contributed by atoms with Crippen LogP contribution in [0.3, 0.4) is 0 Å². The SMILES string of the molecule is C[C@@H]1CN([C@H]2Cc3c(Cl)cc(Cl)cc3[C@@H]2Oc2ccc(S(=O)(=O)C[C@H]3CCNC3)cc2)CCN1C(=O)C(F)(F)F. The van der Waals surface area contributed by atoms with Crippen LogP contribution in [0.1, 0.15) is 30.6 Å². The third-order valence-electron chi connectivity index (χ3n) is 7.96. The molecule has 0 saturated carbocycles. The van der Waals surface area contributed by atoms with Crippen molar-refractivity contribution < 1.29 is 31.1 Å². The number of piperazine rings is 1. The minimum atomic E-state index is -4.93. The summed E-state index contributed by atoms with van der Waals surface area (Å²) in [5.41, 5.74) is 1.61. The first-order chi connectivity index (χ1) is 18.8. The van der Waals surface area contributed by atoms with Crippen LogP contribution < -0.4 is 10.1 Å². The fourth-order valence-electron chi connectivity index (χ4n) is 5.97. The highest BCUT2D eigenvalue weighted by molar-refractivity contribution is 7.91. The number of amides is 1. The lowest BCUT2D eigenvalue weighted by molar-refractivity contribution is -0.190. The van der Waals surface area contributed by atoms with Crippen LogP contribution in [0.2, 0.25) is 10.0 Å². The number of carbonyl (C=O) groups excluding carboxylic acids is 1. The number of rotatable bonds is 6. The van der Waals surface area contributed by atoms with Crippen LogP contribution in [0, 0.1) is 5.92 Å². The quantitative estimate of drug-likeness (QED) is 0.512. The van der Waals surface area contributed by atoms with Gasteiger partial charge in [0.15, 0.2) is 9.84 Å². The molecule has 2 aliphatic heterocycles. The van der Waals surface area contributed by atoms with Gasteiger partial charge in [0.1, 0.15) is 11.9 Å². The van der Waals surface area contributed by atoms with Crippen molar-refractivity contribution in [2.45, 2.75) is 49.0 Å². The van der Waals surface area contributed by atoms with E-state index in [9.17, 15) is 26.4 Å². The second kappa shape index (κ2) is 11.3. The zero-order chi connectivity index (χ0) is 28.8. The Kier molecular flexibility index (Phi) is 8.33. The van der Waals surface area contributed by atoms with E-state index in [1.165, 1.54) is 12.1 Å². The second-order valence-corrected chi connectivity index (χ2v) is 13.6. The average Bonchev–Trinajstić information content (AvgIpc) is 3.51. The van der Waals surface area contributed by atoms with E-state index in [0.29, 0.717) is 28.8 Å². The molecule has 218 valence electrons. The zero-order valence-corrected chi connectivity index (χ0v) is 24.1. The lowest BCUT2D eigenvalue weighted by Crippen LogP contribution is -2.59. The summed E-state index contributed by atoms with van der Waals surface area (Å²) >= 11 is 12.8. The molecular weight excluding hydrogens is 590 g/mol. The number of halogens is 5. The topological polar surface area (TPSA) is 79.0 Å². The Balaban J connectivity index is 1.36. The number of carbonyl (C=O) groups is 1. The van der Waals surface area contributed by atoms with E-state index in [4.69, 9.17) is 27.9 Å². The van der Waals surface area contributed by atoms with Gasteiger partial charge in [-0.1, -0.05) is 23.2 Å². The summed E-state index contributed by atoms with van der Waals surface area (Å²) in [5, 5.41) is 4.08. The number of sulfone groups is 1. The molecule has 3 aliphatic rings. The molecule has 2 aromatic carbocycles. The molecule has 7 nitrogen and oxygen atoms in total. The minimum absolute atomic E-state index is 0.0728. The summed E-state index contributed by atoms with van der Waals surface area (Å²) in [6.45, 7) is 3.47. The molecule has 1 amide bonds. The second-order valence-electron chi connectivity index (χ2n) is 10.7. The first-order valence-corrected chi connectivity index (χ1v) is 15.5. The third kappa shape index (κ3) is 6.09. The Hall–Kier alpha value is -2.05. The highest BCUT2D eigenvalue weighted by Gasteiger charge is 2.47. The number of hydrogen-bond donors (Lipinski definition) is 1. The fraction of sp³-hybridized carbons (Fsp3) is 0.519. The zero-order valence-electron chi connectivity index (χ0n) is 21.8. The van der Waals surface area contributed by atoms with Gasteiger partial charge in [0.2, 0.25) is 0 Å². The van der Waals surface area contributed by atoms with E-state index < -0.39 is 34.1 Å². The molecular formula is C27H30Cl2F3N3O4S. The van der Waals surface area contributed by atoms with Crippen molar-refractivity contribution >= 4 is 38.9 Å². The molecule has 0 aromatic heterocycles. The third-order valence-corrected chi connectivity index (χ3v) is 10.4. The van der Waals surface area contributed by atoms with Gasteiger partial charge >= 0.3 is 12.1 Å². The van der Waals surface area contributed by atoms with Gasteiger partial charge in [-0.15, -0.1) is 0 Å². The van der Waals surface area contributed by atoms with Crippen LogP contribution >= 0.6 is 23.2 Å². The van der Waals surface area contributed by atoms with E-state index in [1.54, 1.807) is 31.2 Å². The van der Waals surface area contributed by atoms with Crippen LogP contribution in [0.15, 0.2) is 41.3 Å². The Morgan fingerprint density at radius 1 is 1.15 bits per heavy atom. The summed E-state index contributed by atoms with van der Waals surface area (Å²) in [6.07, 6.45) is -4.18. The number of nitrogens with one attached hydrogen (secondary N) is 1. The summed E-state index contributed by atoms with van der Waals surface area (Å²) in [5.74, 6) is -1.23. The van der Waals surface area contributed by atoms with Gasteiger partial charge in [0, 0.05) is 41.3 Å². The first kappa shape index (κ1) is 29.4. The summed E-state index contributed by atoms with van der Waals surface area (Å²) in [6, 6.07) is 8.77. The monoisotopic (exact) mass is 619 g/mol. The summed E-state index contributed by atoms with van der Waals surface area (Å²) in [4.78, 5) is 15.0. The molecule has 4 atom stereocenters. The van der Waals surface area contributed by atoms with E-state index >= 15 is 0 Å². The van der Waals surface area contributed by atoms with E-state index in [0.717, 1.165) is 29.0 Å². The van der Waals surface area contributed by atoms with Gasteiger partial charge in [-0.25, -0.2) is 8.42 Å². The molecule has 5 rings (SSSR count). The Morgan fingerprint density at radius 3 is 2.50 bits per heavy atom. The van der Waals surface area contributed by atoms with Gasteiger partial charge in [-0.2, -0.15) is 13.2 Å². The molecule has 0 unspecified atom stereocenters. The van der Waals surface area contributed by atoms with Crippen molar-refractivity contribution in [3.05, 3.63) is 57.6 Å². The standard InChI is InChI=1S/C27H30Cl2F3N3O4S/c1-16-14-34(8-9-35(16)26(36)27(30,31)32)24-12-21-22(10-18(28)11-23(21)29)25(24)39-19-2-4-20(5-3-19)40(37,38)15-17-6-7-33-13-17/h2-5,10-11,16-17,24-25,33H,6-9,12-15H2,1H3/t16-,17+,24+,25+/m1/s1. The summed E-state index contributed by atoms with van der Waals surface area (Å²) in [7, 11) is -3.46. The molecule has 2 aromatic rings. The van der Waals surface area contributed by atoms with Crippen molar-refractivity contribution in [1.29, 1.82) is 0 Å². The number of benzene rings is 2. The van der Waals surface area contributed by atoms with Gasteiger partial charge < -0.3 is 15.0 Å². The van der Waals surface area contributed by atoms with Crippen LogP contribution in [0.4, 0.5) is 13.2 Å². The number of ether oxygens (including phenoxy) is 1. The number of alkyl halides is 3. The van der Waals surface area contributed by atoms with Crippen molar-refractivity contribution in [3.63, 3.8) is 0 Å². The van der Waals surface area contributed by atoms with Crippen molar-refractivity contribution in [3.8, 4) is 5.75 Å². The summed E-state index contributed by atoms with van der Waals surface area (Å²) < 4.78 is 71.5. The van der Waals surface area contributed by atoms with Crippen molar-refractivity contribution in [2.75, 3.05) is 38.5 Å². The maximum atomic E-state index is 13.1. The highest BCUT2D eigenvalue weighted by Crippen LogP contribution is 2.43. The smallest absolute Gasteiger partial charge is 0.471 e. The molecule has 13 heteroatoms.